The lowest BCUT2D eigenvalue weighted by Gasteiger charge is -2.35. The van der Waals surface area contributed by atoms with E-state index in [0.717, 1.165) is 25.3 Å². The van der Waals surface area contributed by atoms with Crippen LogP contribution in [0.4, 0.5) is 0 Å². The first-order chi connectivity index (χ1) is 9.61. The standard InChI is InChI=1S/C13H19N5O2/c1-8-5-18(6-11-4-14-15-9(11)2)7-12(19-8)13-17-16-10(3)20-13/h4,8,12H,5-7H2,1-3H3,(H,14,15)/t8-,12-/m1/s1. The second-order valence-corrected chi connectivity index (χ2v) is 5.31. The largest absolute Gasteiger partial charge is 0.423 e. The minimum atomic E-state index is -0.160. The topological polar surface area (TPSA) is 80.1 Å². The molecule has 1 aliphatic rings. The Bertz CT molecular complexity index is 579. The van der Waals surface area contributed by atoms with E-state index < -0.39 is 0 Å². The fourth-order valence-electron chi connectivity index (χ4n) is 2.52. The summed E-state index contributed by atoms with van der Waals surface area (Å²) >= 11 is 0. The van der Waals surface area contributed by atoms with Crippen molar-refractivity contribution in [2.75, 3.05) is 13.1 Å². The highest BCUT2D eigenvalue weighted by Crippen LogP contribution is 2.25. The van der Waals surface area contributed by atoms with Crippen LogP contribution in [0, 0.1) is 13.8 Å². The number of hydrogen-bond acceptors (Lipinski definition) is 6. The van der Waals surface area contributed by atoms with Gasteiger partial charge in [0, 0.05) is 37.8 Å². The summed E-state index contributed by atoms with van der Waals surface area (Å²) in [6, 6.07) is 0. The lowest BCUT2D eigenvalue weighted by molar-refractivity contribution is -0.0918. The predicted octanol–water partition coefficient (Wildman–Crippen LogP) is 1.37. The van der Waals surface area contributed by atoms with Crippen LogP contribution in [0.1, 0.15) is 36.1 Å². The number of nitrogens with one attached hydrogen (secondary N) is 1. The summed E-state index contributed by atoms with van der Waals surface area (Å²) in [6.45, 7) is 8.36. The number of aryl methyl sites for hydroxylation is 2. The van der Waals surface area contributed by atoms with Gasteiger partial charge in [-0.3, -0.25) is 10.00 Å². The maximum atomic E-state index is 5.90. The van der Waals surface area contributed by atoms with Crippen LogP contribution < -0.4 is 0 Å². The van der Waals surface area contributed by atoms with E-state index in [1.807, 2.05) is 13.1 Å². The molecule has 0 radical (unpaired) electrons. The zero-order valence-corrected chi connectivity index (χ0v) is 12.0. The summed E-state index contributed by atoms with van der Waals surface area (Å²) in [5.41, 5.74) is 2.31. The molecule has 0 aromatic carbocycles. The van der Waals surface area contributed by atoms with Crippen LogP contribution in [0.2, 0.25) is 0 Å². The summed E-state index contributed by atoms with van der Waals surface area (Å²) in [7, 11) is 0. The summed E-state index contributed by atoms with van der Waals surface area (Å²) < 4.78 is 11.4. The first-order valence-corrected chi connectivity index (χ1v) is 6.78. The van der Waals surface area contributed by atoms with Crippen LogP contribution in [0.15, 0.2) is 10.6 Å². The number of morpholine rings is 1. The molecule has 0 spiro atoms. The molecule has 108 valence electrons. The number of aromatic nitrogens is 4. The van der Waals surface area contributed by atoms with Crippen molar-refractivity contribution in [1.82, 2.24) is 25.3 Å². The minimum absolute atomic E-state index is 0.133. The Hall–Kier alpha value is -1.73. The molecular formula is C13H19N5O2. The van der Waals surface area contributed by atoms with E-state index in [-0.39, 0.29) is 12.2 Å². The molecule has 20 heavy (non-hydrogen) atoms. The third-order valence-corrected chi connectivity index (χ3v) is 3.48. The minimum Gasteiger partial charge on any atom is -0.423 e. The first-order valence-electron chi connectivity index (χ1n) is 6.78. The molecule has 0 saturated carbocycles. The summed E-state index contributed by atoms with van der Waals surface area (Å²) in [5.74, 6) is 1.13. The van der Waals surface area contributed by atoms with Gasteiger partial charge in [-0.1, -0.05) is 0 Å². The maximum Gasteiger partial charge on any atom is 0.246 e. The predicted molar refractivity (Wildman–Crippen MR) is 70.9 cm³/mol. The molecule has 1 fully saturated rings. The highest BCUT2D eigenvalue weighted by Gasteiger charge is 2.30. The maximum absolute atomic E-state index is 5.90. The Morgan fingerprint density at radius 3 is 2.85 bits per heavy atom. The number of hydrogen-bond donors (Lipinski definition) is 1. The Balaban J connectivity index is 1.71. The molecule has 2 aromatic rings. The first kappa shape index (κ1) is 13.3. The lowest BCUT2D eigenvalue weighted by Crippen LogP contribution is -2.42. The Labute approximate surface area is 117 Å². The molecule has 2 aromatic heterocycles. The highest BCUT2D eigenvalue weighted by molar-refractivity contribution is 5.14. The summed E-state index contributed by atoms with van der Waals surface area (Å²) in [5, 5.41) is 15.0. The van der Waals surface area contributed by atoms with Gasteiger partial charge >= 0.3 is 0 Å². The Morgan fingerprint density at radius 2 is 2.20 bits per heavy atom. The van der Waals surface area contributed by atoms with Crippen LogP contribution in [-0.2, 0) is 11.3 Å². The van der Waals surface area contributed by atoms with Gasteiger partial charge < -0.3 is 9.15 Å². The van der Waals surface area contributed by atoms with Crippen LogP contribution in [-0.4, -0.2) is 44.5 Å². The normalized spacial score (nSPS) is 24.1. The molecule has 3 heterocycles. The average Bonchev–Trinajstić information content (AvgIpc) is 2.99. The molecule has 7 nitrogen and oxygen atoms in total. The molecule has 2 atom stereocenters. The fourth-order valence-corrected chi connectivity index (χ4v) is 2.52. The van der Waals surface area contributed by atoms with Crippen molar-refractivity contribution >= 4 is 0 Å². The quantitative estimate of drug-likeness (QED) is 0.912. The van der Waals surface area contributed by atoms with E-state index in [0.29, 0.717) is 11.8 Å². The van der Waals surface area contributed by atoms with E-state index in [1.165, 1.54) is 5.56 Å². The number of ether oxygens (including phenoxy) is 1. The fraction of sp³-hybridized carbons (Fsp3) is 0.615. The van der Waals surface area contributed by atoms with Crippen LogP contribution in [0.5, 0.6) is 0 Å². The molecule has 0 amide bonds. The number of nitrogens with zero attached hydrogens (tertiary/aromatic N) is 4. The van der Waals surface area contributed by atoms with Crippen LogP contribution >= 0.6 is 0 Å². The van der Waals surface area contributed by atoms with Crippen LogP contribution in [0.3, 0.4) is 0 Å². The zero-order chi connectivity index (χ0) is 14.1. The van der Waals surface area contributed by atoms with Crippen molar-refractivity contribution in [3.05, 3.63) is 29.2 Å². The number of aromatic amines is 1. The zero-order valence-electron chi connectivity index (χ0n) is 12.0. The van der Waals surface area contributed by atoms with E-state index in [1.54, 1.807) is 6.92 Å². The smallest absolute Gasteiger partial charge is 0.246 e. The van der Waals surface area contributed by atoms with E-state index in [9.17, 15) is 0 Å². The van der Waals surface area contributed by atoms with Crippen molar-refractivity contribution in [3.63, 3.8) is 0 Å². The molecular weight excluding hydrogens is 258 g/mol. The summed E-state index contributed by atoms with van der Waals surface area (Å²) in [6.07, 6.45) is 1.85. The van der Waals surface area contributed by atoms with Crippen molar-refractivity contribution in [2.45, 2.75) is 39.5 Å². The van der Waals surface area contributed by atoms with E-state index in [4.69, 9.17) is 9.15 Å². The average molecular weight is 277 g/mol. The van der Waals surface area contributed by atoms with Gasteiger partial charge in [0.25, 0.3) is 0 Å². The Kier molecular flexibility index (Phi) is 3.54. The monoisotopic (exact) mass is 277 g/mol. The molecule has 1 saturated heterocycles. The SMILES string of the molecule is Cc1nnc([C@H]2CN(Cc3cn[nH]c3C)C[C@@H](C)O2)o1. The molecule has 0 bridgehead atoms. The second-order valence-electron chi connectivity index (χ2n) is 5.31. The van der Waals surface area contributed by atoms with Gasteiger partial charge in [-0.05, 0) is 13.8 Å². The van der Waals surface area contributed by atoms with Gasteiger partial charge in [0.1, 0.15) is 6.10 Å². The van der Waals surface area contributed by atoms with Crippen molar-refractivity contribution < 1.29 is 9.15 Å². The molecule has 3 rings (SSSR count). The van der Waals surface area contributed by atoms with E-state index in [2.05, 4.69) is 32.2 Å². The highest BCUT2D eigenvalue weighted by atomic mass is 16.5. The van der Waals surface area contributed by atoms with Crippen LogP contribution in [0.25, 0.3) is 0 Å². The van der Waals surface area contributed by atoms with Gasteiger partial charge in [-0.25, -0.2) is 0 Å². The molecule has 0 unspecified atom stereocenters. The molecule has 0 aliphatic carbocycles. The number of rotatable bonds is 3. The van der Waals surface area contributed by atoms with Gasteiger partial charge in [-0.15, -0.1) is 10.2 Å². The third-order valence-electron chi connectivity index (χ3n) is 3.48. The second kappa shape index (κ2) is 5.34. The Morgan fingerprint density at radius 1 is 1.35 bits per heavy atom. The van der Waals surface area contributed by atoms with Gasteiger partial charge in [0.05, 0.1) is 12.3 Å². The lowest BCUT2D eigenvalue weighted by atomic mass is 10.1. The number of H-pyrrole nitrogens is 1. The van der Waals surface area contributed by atoms with Gasteiger partial charge in [-0.2, -0.15) is 5.10 Å². The van der Waals surface area contributed by atoms with Crippen molar-refractivity contribution in [3.8, 4) is 0 Å². The van der Waals surface area contributed by atoms with Gasteiger partial charge in [0.15, 0.2) is 0 Å². The molecule has 1 N–H and O–H groups in total. The summed E-state index contributed by atoms with van der Waals surface area (Å²) in [4.78, 5) is 2.33. The molecule has 1 aliphatic heterocycles. The molecule has 7 heteroatoms. The van der Waals surface area contributed by atoms with Crippen molar-refractivity contribution in [2.24, 2.45) is 0 Å². The third kappa shape index (κ3) is 2.73. The van der Waals surface area contributed by atoms with E-state index >= 15 is 0 Å². The van der Waals surface area contributed by atoms with Crippen molar-refractivity contribution in [1.29, 1.82) is 0 Å². The van der Waals surface area contributed by atoms with Gasteiger partial charge in [0.2, 0.25) is 11.8 Å².